The number of aromatic hydroxyl groups is 1. The lowest BCUT2D eigenvalue weighted by Gasteiger charge is -2.11. The summed E-state index contributed by atoms with van der Waals surface area (Å²) in [5, 5.41) is 16.2. The van der Waals surface area contributed by atoms with Crippen LogP contribution in [-0.4, -0.2) is 25.7 Å². The second kappa shape index (κ2) is 7.56. The second-order valence-electron chi connectivity index (χ2n) is 6.82. The summed E-state index contributed by atoms with van der Waals surface area (Å²) >= 11 is 1.47. The number of aromatic nitrogens is 3. The average molecular weight is 408 g/mol. The first-order chi connectivity index (χ1) is 13.9. The number of phenols is 1. The molecule has 3 N–H and O–H groups in total. The lowest BCUT2D eigenvalue weighted by atomic mass is 10.1. The van der Waals surface area contributed by atoms with E-state index in [4.69, 9.17) is 15.2 Å². The van der Waals surface area contributed by atoms with Crippen molar-refractivity contribution in [3.63, 3.8) is 0 Å². The van der Waals surface area contributed by atoms with Gasteiger partial charge >= 0.3 is 0 Å². The number of rotatable bonds is 6. The lowest BCUT2D eigenvalue weighted by molar-refractivity contribution is 0.0999. The average Bonchev–Trinajstić information content (AvgIpc) is 3.40. The fraction of sp³-hybridized carbons (Fsp3) is 0.190. The maximum atomic E-state index is 11.9. The highest BCUT2D eigenvalue weighted by molar-refractivity contribution is 7.13. The minimum atomic E-state index is -0.463. The van der Waals surface area contributed by atoms with E-state index in [9.17, 15) is 9.90 Å². The molecule has 0 saturated carbocycles. The van der Waals surface area contributed by atoms with Gasteiger partial charge in [0.15, 0.2) is 0 Å². The maximum Gasteiger partial charge on any atom is 0.250 e. The summed E-state index contributed by atoms with van der Waals surface area (Å²) in [5.41, 5.74) is 10.2. The molecule has 0 unspecified atom stereocenters. The number of hydrogen-bond acceptors (Lipinski definition) is 6. The highest BCUT2D eigenvalue weighted by Gasteiger charge is 2.19. The summed E-state index contributed by atoms with van der Waals surface area (Å²) in [6, 6.07) is 10.7. The second-order valence-corrected chi connectivity index (χ2v) is 7.68. The van der Waals surface area contributed by atoms with Crippen LogP contribution in [0.4, 0.5) is 0 Å². The van der Waals surface area contributed by atoms with Crippen LogP contribution in [0.5, 0.6) is 5.75 Å². The van der Waals surface area contributed by atoms with E-state index >= 15 is 0 Å². The van der Waals surface area contributed by atoms with Gasteiger partial charge in [-0.15, -0.1) is 11.3 Å². The number of carbonyl (C=O) groups excluding carboxylic acids is 1. The maximum absolute atomic E-state index is 11.9. The normalized spacial score (nSPS) is 11.1. The topological polar surface area (TPSA) is 107 Å². The lowest BCUT2D eigenvalue weighted by Crippen LogP contribution is -2.13. The number of carbonyl (C=O) groups is 1. The summed E-state index contributed by atoms with van der Waals surface area (Å²) in [6.45, 7) is 4.37. The molecule has 0 aliphatic rings. The Hall–Kier alpha value is -3.39. The zero-order valence-electron chi connectivity index (χ0n) is 16.0. The number of amides is 1. The highest BCUT2D eigenvalue weighted by atomic mass is 32.1. The van der Waals surface area contributed by atoms with Gasteiger partial charge in [0.2, 0.25) is 0 Å². The van der Waals surface area contributed by atoms with Gasteiger partial charge in [-0.05, 0) is 44.0 Å². The Kier molecular flexibility index (Phi) is 4.94. The Bertz CT molecular complexity index is 1170. The van der Waals surface area contributed by atoms with Crippen LogP contribution in [-0.2, 0) is 13.0 Å². The van der Waals surface area contributed by atoms with Crippen molar-refractivity contribution in [2.75, 3.05) is 0 Å². The van der Waals surface area contributed by atoms with Gasteiger partial charge < -0.3 is 19.9 Å². The number of phenolic OH excluding ortho intramolecular Hbond substituents is 1. The van der Waals surface area contributed by atoms with E-state index in [1.165, 1.54) is 11.3 Å². The molecule has 148 valence electrons. The number of thiazole rings is 1. The van der Waals surface area contributed by atoms with Crippen LogP contribution in [0.2, 0.25) is 0 Å². The van der Waals surface area contributed by atoms with Crippen LogP contribution in [0.15, 0.2) is 46.3 Å². The van der Waals surface area contributed by atoms with Crippen molar-refractivity contribution in [3.8, 4) is 27.8 Å². The summed E-state index contributed by atoms with van der Waals surface area (Å²) in [4.78, 5) is 16.6. The van der Waals surface area contributed by atoms with Gasteiger partial charge in [0.25, 0.3) is 5.91 Å². The standard InChI is InChI=1S/C21H20N4O3S/c1-12-9-17(24-28-12)21-23-18(11-29-21)19-10-16(20(22)27)13(2)25(19)8-7-14-3-5-15(26)6-4-14/h3-6,9-11,26H,7-8H2,1-2H3,(H2,22,27). The Morgan fingerprint density at radius 2 is 1.97 bits per heavy atom. The first-order valence-electron chi connectivity index (χ1n) is 9.10. The molecule has 4 rings (SSSR count). The van der Waals surface area contributed by atoms with E-state index in [1.54, 1.807) is 18.2 Å². The third kappa shape index (κ3) is 3.79. The fourth-order valence-electron chi connectivity index (χ4n) is 3.27. The molecule has 3 heterocycles. The minimum Gasteiger partial charge on any atom is -0.508 e. The molecule has 0 atom stereocenters. The van der Waals surface area contributed by atoms with Gasteiger partial charge in [0, 0.05) is 23.7 Å². The Labute approximate surface area is 171 Å². The Balaban J connectivity index is 1.69. The van der Waals surface area contributed by atoms with Crippen molar-refractivity contribution in [2.45, 2.75) is 26.8 Å². The third-order valence-electron chi connectivity index (χ3n) is 4.81. The van der Waals surface area contributed by atoms with Crippen molar-refractivity contribution >= 4 is 17.2 Å². The number of nitrogens with zero attached hydrogens (tertiary/aromatic N) is 3. The predicted molar refractivity (Wildman–Crippen MR) is 111 cm³/mol. The number of hydrogen-bond donors (Lipinski definition) is 2. The number of aryl methyl sites for hydroxylation is 2. The number of primary amides is 1. The van der Waals surface area contributed by atoms with Crippen molar-refractivity contribution < 1.29 is 14.4 Å². The number of nitrogens with two attached hydrogens (primary N) is 1. The van der Waals surface area contributed by atoms with Crippen LogP contribution < -0.4 is 5.73 Å². The molecule has 4 aromatic rings. The Morgan fingerprint density at radius 3 is 2.62 bits per heavy atom. The summed E-state index contributed by atoms with van der Waals surface area (Å²) in [7, 11) is 0. The molecule has 0 aliphatic heterocycles. The molecule has 1 aromatic carbocycles. The molecule has 1 amide bonds. The summed E-state index contributed by atoms with van der Waals surface area (Å²) in [5.74, 6) is 0.497. The van der Waals surface area contributed by atoms with E-state index in [1.807, 2.05) is 37.4 Å². The van der Waals surface area contributed by atoms with Crippen molar-refractivity contribution in [2.24, 2.45) is 5.73 Å². The van der Waals surface area contributed by atoms with Crippen LogP contribution >= 0.6 is 11.3 Å². The van der Waals surface area contributed by atoms with E-state index in [2.05, 4.69) is 9.72 Å². The molecular weight excluding hydrogens is 388 g/mol. The summed E-state index contributed by atoms with van der Waals surface area (Å²) in [6.07, 6.45) is 0.737. The first-order valence-corrected chi connectivity index (χ1v) is 9.98. The highest BCUT2D eigenvalue weighted by Crippen LogP contribution is 2.31. The van der Waals surface area contributed by atoms with Crippen LogP contribution in [0, 0.1) is 13.8 Å². The van der Waals surface area contributed by atoms with E-state index in [0.29, 0.717) is 17.8 Å². The van der Waals surface area contributed by atoms with Gasteiger partial charge in [-0.2, -0.15) is 0 Å². The fourth-order valence-corrected chi connectivity index (χ4v) is 4.04. The van der Waals surface area contributed by atoms with Gasteiger partial charge in [-0.25, -0.2) is 4.98 Å². The van der Waals surface area contributed by atoms with E-state index in [-0.39, 0.29) is 5.75 Å². The summed E-state index contributed by atoms with van der Waals surface area (Å²) < 4.78 is 7.20. The molecular formula is C21H20N4O3S. The van der Waals surface area contributed by atoms with Crippen LogP contribution in [0.3, 0.4) is 0 Å². The van der Waals surface area contributed by atoms with E-state index < -0.39 is 5.91 Å². The molecule has 0 aliphatic carbocycles. The number of benzene rings is 1. The molecule has 29 heavy (non-hydrogen) atoms. The van der Waals surface area contributed by atoms with Gasteiger partial charge in [-0.3, -0.25) is 4.79 Å². The molecule has 7 nitrogen and oxygen atoms in total. The zero-order valence-corrected chi connectivity index (χ0v) is 16.9. The molecule has 0 bridgehead atoms. The van der Waals surface area contributed by atoms with Gasteiger partial charge in [0.1, 0.15) is 22.2 Å². The van der Waals surface area contributed by atoms with Crippen molar-refractivity contribution in [3.05, 3.63) is 64.4 Å². The zero-order chi connectivity index (χ0) is 20.5. The molecule has 3 aromatic heterocycles. The monoisotopic (exact) mass is 408 g/mol. The van der Waals surface area contributed by atoms with Gasteiger partial charge in [-0.1, -0.05) is 17.3 Å². The van der Waals surface area contributed by atoms with Crippen molar-refractivity contribution in [1.82, 2.24) is 14.7 Å². The predicted octanol–water partition coefficient (Wildman–Crippen LogP) is 3.93. The SMILES string of the molecule is Cc1cc(-c2nc(-c3cc(C(N)=O)c(C)n3CCc3ccc(O)cc3)cs2)no1. The van der Waals surface area contributed by atoms with Crippen molar-refractivity contribution in [1.29, 1.82) is 0 Å². The molecule has 0 fully saturated rings. The Morgan fingerprint density at radius 1 is 1.21 bits per heavy atom. The van der Waals surface area contributed by atoms with Crippen LogP contribution in [0.25, 0.3) is 22.1 Å². The molecule has 8 heteroatoms. The third-order valence-corrected chi connectivity index (χ3v) is 5.67. The first kappa shape index (κ1) is 18.9. The molecule has 0 saturated heterocycles. The van der Waals surface area contributed by atoms with E-state index in [0.717, 1.165) is 39.8 Å². The quantitative estimate of drug-likeness (QED) is 0.503. The van der Waals surface area contributed by atoms with Gasteiger partial charge in [0.05, 0.1) is 17.0 Å². The van der Waals surface area contributed by atoms with Crippen LogP contribution in [0.1, 0.15) is 27.4 Å². The largest absolute Gasteiger partial charge is 0.508 e. The molecule has 0 spiro atoms. The molecule has 0 radical (unpaired) electrons. The minimum absolute atomic E-state index is 0.237. The smallest absolute Gasteiger partial charge is 0.250 e.